The first kappa shape index (κ1) is 13.2. The van der Waals surface area contributed by atoms with Crippen LogP contribution >= 0.6 is 0 Å². The summed E-state index contributed by atoms with van der Waals surface area (Å²) in [7, 11) is 1.44. The number of carbonyl (C=O) groups excluding carboxylic acids is 1. The molecule has 0 aliphatic rings. The van der Waals surface area contributed by atoms with Crippen molar-refractivity contribution >= 4 is 11.8 Å². The van der Waals surface area contributed by atoms with E-state index in [2.05, 4.69) is 17.4 Å². The summed E-state index contributed by atoms with van der Waals surface area (Å²) in [5.74, 6) is 1.91. The Morgan fingerprint density at radius 2 is 2.18 bits per heavy atom. The third kappa shape index (κ3) is 4.64. The molecule has 0 amide bonds. The Morgan fingerprint density at radius 3 is 2.76 bits per heavy atom. The second-order valence-electron chi connectivity index (χ2n) is 3.32. The first-order valence-electron chi connectivity index (χ1n) is 5.20. The molecule has 1 unspecified atom stereocenters. The molecule has 0 saturated heterocycles. The normalized spacial score (nSPS) is 11.4. The summed E-state index contributed by atoms with van der Waals surface area (Å²) in [6, 6.07) is 9.45. The fourth-order valence-corrected chi connectivity index (χ4v) is 1.21. The van der Waals surface area contributed by atoms with E-state index in [1.165, 1.54) is 7.11 Å². The molecule has 0 heterocycles. The summed E-state index contributed by atoms with van der Waals surface area (Å²) in [5.41, 5.74) is 0.933. The Balaban J connectivity index is 2.45. The van der Waals surface area contributed by atoms with Crippen LogP contribution in [0.1, 0.15) is 5.56 Å². The maximum atomic E-state index is 11.6. The van der Waals surface area contributed by atoms with Crippen molar-refractivity contribution in [3.63, 3.8) is 0 Å². The number of nitrogens with zero attached hydrogens (tertiary/aromatic N) is 1. The fourth-order valence-electron chi connectivity index (χ4n) is 1.21. The van der Waals surface area contributed by atoms with Crippen molar-refractivity contribution in [1.29, 1.82) is 0 Å². The number of hydrogen-bond donors (Lipinski definition) is 0. The molecule has 0 saturated carbocycles. The lowest BCUT2D eigenvalue weighted by molar-refractivity contribution is -0.156. The van der Waals surface area contributed by atoms with E-state index in [0.29, 0.717) is 0 Å². The lowest BCUT2D eigenvalue weighted by atomic mass is 10.2. The van der Waals surface area contributed by atoms with Crippen LogP contribution in [0.2, 0.25) is 0 Å². The lowest BCUT2D eigenvalue weighted by Crippen LogP contribution is -2.28. The third-order valence-electron chi connectivity index (χ3n) is 2.14. The number of ether oxygens (including phenoxy) is 2. The zero-order valence-corrected chi connectivity index (χ0v) is 9.76. The molecule has 1 aromatic rings. The molecule has 0 aromatic heterocycles. The molecule has 0 aliphatic heterocycles. The number of benzene rings is 1. The number of hydrogen-bond acceptors (Lipinski definition) is 4. The molecule has 0 N–H and O–H groups in total. The van der Waals surface area contributed by atoms with Gasteiger partial charge in [0.25, 0.3) is 0 Å². The van der Waals surface area contributed by atoms with Crippen LogP contribution in [0.15, 0.2) is 41.9 Å². The van der Waals surface area contributed by atoms with E-state index < -0.39 is 12.1 Å². The van der Waals surface area contributed by atoms with Crippen LogP contribution in [0.25, 0.3) is 0 Å². The van der Waals surface area contributed by atoms with Gasteiger partial charge in [0.1, 0.15) is 6.61 Å². The molecular formula is C13H15NO3. The zero-order chi connectivity index (χ0) is 12.5. The van der Waals surface area contributed by atoms with Crippen LogP contribution in [-0.2, 0) is 20.9 Å². The van der Waals surface area contributed by atoms with E-state index in [1.54, 1.807) is 0 Å². The van der Waals surface area contributed by atoms with Gasteiger partial charge in [-0.25, -0.2) is 9.79 Å². The standard InChI is InChI=1S/C13H15NO3/c1-3-14-9-12(16-2)13(15)17-10-11-7-5-4-6-8-11/h4-8,12H,1,9-10H2,2H3. The van der Waals surface area contributed by atoms with E-state index in [-0.39, 0.29) is 13.2 Å². The molecule has 0 radical (unpaired) electrons. The summed E-state index contributed by atoms with van der Waals surface area (Å²) < 4.78 is 10.1. The van der Waals surface area contributed by atoms with Crippen molar-refractivity contribution in [3.8, 4) is 0 Å². The lowest BCUT2D eigenvalue weighted by Gasteiger charge is -2.11. The van der Waals surface area contributed by atoms with Crippen molar-refractivity contribution < 1.29 is 14.3 Å². The van der Waals surface area contributed by atoms with Gasteiger partial charge >= 0.3 is 5.97 Å². The molecule has 1 atom stereocenters. The molecule has 17 heavy (non-hydrogen) atoms. The maximum Gasteiger partial charge on any atom is 0.337 e. The molecule has 1 aromatic carbocycles. The van der Waals surface area contributed by atoms with Crippen molar-refractivity contribution in [2.45, 2.75) is 12.7 Å². The summed E-state index contributed by atoms with van der Waals surface area (Å²) in [4.78, 5) is 15.3. The number of rotatable bonds is 6. The molecule has 0 spiro atoms. The van der Waals surface area contributed by atoms with Gasteiger partial charge in [0.15, 0.2) is 6.10 Å². The highest BCUT2D eigenvalue weighted by molar-refractivity contribution is 5.75. The quantitative estimate of drug-likeness (QED) is 0.554. The maximum absolute atomic E-state index is 11.6. The monoisotopic (exact) mass is 233 g/mol. The Morgan fingerprint density at radius 1 is 1.47 bits per heavy atom. The fraction of sp³-hybridized carbons (Fsp3) is 0.308. The van der Waals surface area contributed by atoms with Gasteiger partial charge < -0.3 is 9.47 Å². The Kier molecular flexibility index (Phi) is 5.72. The molecule has 0 aliphatic carbocycles. The first-order chi connectivity index (χ1) is 8.27. The van der Waals surface area contributed by atoms with Gasteiger partial charge in [-0.05, 0) is 18.0 Å². The van der Waals surface area contributed by atoms with Crippen LogP contribution in [0.3, 0.4) is 0 Å². The van der Waals surface area contributed by atoms with Crippen molar-refractivity contribution in [2.75, 3.05) is 13.7 Å². The third-order valence-corrected chi connectivity index (χ3v) is 2.14. The zero-order valence-electron chi connectivity index (χ0n) is 9.76. The summed E-state index contributed by atoms with van der Waals surface area (Å²) in [6.07, 6.45) is -0.701. The minimum absolute atomic E-state index is 0.174. The second kappa shape index (κ2) is 7.39. The largest absolute Gasteiger partial charge is 0.459 e. The Hall–Kier alpha value is -1.90. The van der Waals surface area contributed by atoms with Crippen LogP contribution in [0.5, 0.6) is 0 Å². The van der Waals surface area contributed by atoms with Crippen molar-refractivity contribution in [2.24, 2.45) is 4.99 Å². The van der Waals surface area contributed by atoms with Gasteiger partial charge in [-0.3, -0.25) is 0 Å². The smallest absolute Gasteiger partial charge is 0.337 e. The molecule has 4 heteroatoms. The summed E-state index contributed by atoms with van der Waals surface area (Å²) in [6.45, 7) is 3.73. The van der Waals surface area contributed by atoms with Gasteiger partial charge in [0, 0.05) is 7.11 Å². The van der Waals surface area contributed by atoms with Gasteiger partial charge in [0.05, 0.1) is 6.54 Å². The van der Waals surface area contributed by atoms with E-state index in [9.17, 15) is 4.79 Å². The van der Waals surface area contributed by atoms with E-state index in [0.717, 1.165) is 5.56 Å². The summed E-state index contributed by atoms with van der Waals surface area (Å²) in [5, 5.41) is 0. The number of methoxy groups -OCH3 is 1. The average molecular weight is 233 g/mol. The molecule has 4 nitrogen and oxygen atoms in total. The minimum atomic E-state index is -0.701. The molecule has 90 valence electrons. The highest BCUT2D eigenvalue weighted by Crippen LogP contribution is 2.03. The van der Waals surface area contributed by atoms with Crippen LogP contribution in [0.4, 0.5) is 0 Å². The summed E-state index contributed by atoms with van der Waals surface area (Å²) >= 11 is 0. The highest BCUT2D eigenvalue weighted by Gasteiger charge is 2.18. The van der Waals surface area contributed by atoms with Crippen LogP contribution < -0.4 is 0 Å². The number of carbonyl (C=O) groups is 1. The predicted molar refractivity (Wildman–Crippen MR) is 65.0 cm³/mol. The van der Waals surface area contributed by atoms with Gasteiger partial charge in [0.2, 0.25) is 0 Å². The number of aliphatic imine (C=N–C) groups is 1. The molecule has 0 fully saturated rings. The first-order valence-corrected chi connectivity index (χ1v) is 5.20. The SMILES string of the molecule is C=C=NCC(OC)C(=O)OCc1ccccc1. The van der Waals surface area contributed by atoms with Crippen LogP contribution in [-0.4, -0.2) is 31.6 Å². The van der Waals surface area contributed by atoms with Crippen molar-refractivity contribution in [3.05, 3.63) is 42.5 Å². The highest BCUT2D eigenvalue weighted by atomic mass is 16.6. The average Bonchev–Trinajstić information content (AvgIpc) is 2.38. The molecular weight excluding hydrogens is 218 g/mol. The second-order valence-corrected chi connectivity index (χ2v) is 3.32. The van der Waals surface area contributed by atoms with Gasteiger partial charge in [-0.15, -0.1) is 0 Å². The van der Waals surface area contributed by atoms with E-state index in [1.807, 2.05) is 30.3 Å². The topological polar surface area (TPSA) is 47.9 Å². The van der Waals surface area contributed by atoms with Crippen LogP contribution in [0, 0.1) is 0 Å². The molecule has 0 bridgehead atoms. The van der Waals surface area contributed by atoms with Gasteiger partial charge in [-0.1, -0.05) is 30.3 Å². The van der Waals surface area contributed by atoms with Gasteiger partial charge in [-0.2, -0.15) is 0 Å². The number of esters is 1. The Bertz CT molecular complexity index is 396. The van der Waals surface area contributed by atoms with E-state index in [4.69, 9.17) is 9.47 Å². The Labute approximate surface area is 101 Å². The minimum Gasteiger partial charge on any atom is -0.459 e. The molecule has 1 rings (SSSR count). The van der Waals surface area contributed by atoms with E-state index >= 15 is 0 Å². The predicted octanol–water partition coefficient (Wildman–Crippen LogP) is 1.60. The van der Waals surface area contributed by atoms with Crippen molar-refractivity contribution in [1.82, 2.24) is 0 Å².